The summed E-state index contributed by atoms with van der Waals surface area (Å²) < 4.78 is 40.4. The zero-order chi connectivity index (χ0) is 24.6. The van der Waals surface area contributed by atoms with Crippen LogP contribution < -0.4 is 10.9 Å². The van der Waals surface area contributed by atoms with Crippen molar-refractivity contribution in [2.45, 2.75) is 18.8 Å². The van der Waals surface area contributed by atoms with E-state index in [1.54, 1.807) is 54.6 Å². The minimum atomic E-state index is -4.60. The van der Waals surface area contributed by atoms with E-state index in [9.17, 15) is 22.8 Å². The summed E-state index contributed by atoms with van der Waals surface area (Å²) in [5.74, 6) is -1.55. The van der Waals surface area contributed by atoms with E-state index in [-0.39, 0.29) is 23.1 Å². The maximum Gasteiger partial charge on any atom is 0.449 e. The van der Waals surface area contributed by atoms with E-state index in [1.807, 2.05) is 6.07 Å². The second kappa shape index (κ2) is 8.71. The van der Waals surface area contributed by atoms with Crippen molar-refractivity contribution in [3.8, 4) is 0 Å². The van der Waals surface area contributed by atoms with Crippen molar-refractivity contribution in [3.05, 3.63) is 106 Å². The lowest BCUT2D eigenvalue weighted by Crippen LogP contribution is -2.35. The number of carbonyl (C=O) groups is 1. The molecule has 176 valence electrons. The number of alkyl halides is 3. The standard InChI is InChI=1S/C25H18F3N5O2/c26-25(27,28)24-30-19-11-10-16(12-20(19)31-24)22(15-6-2-1-3-7-15)32-21(34)13-33-14-29-18-9-5-4-8-17(18)23(33)35/h1-12,14,22H,13H2,(H,30,31)(H,32,34). The molecule has 35 heavy (non-hydrogen) atoms. The first-order valence-electron chi connectivity index (χ1n) is 10.6. The Morgan fingerprint density at radius 3 is 2.49 bits per heavy atom. The van der Waals surface area contributed by atoms with Crippen molar-refractivity contribution in [3.63, 3.8) is 0 Å². The van der Waals surface area contributed by atoms with Gasteiger partial charge in [0, 0.05) is 0 Å². The molecule has 5 aromatic rings. The number of imidazole rings is 1. The number of hydrogen-bond acceptors (Lipinski definition) is 4. The third kappa shape index (κ3) is 4.50. The van der Waals surface area contributed by atoms with Crippen molar-refractivity contribution in [2.75, 3.05) is 0 Å². The number of H-pyrrole nitrogens is 1. The zero-order valence-electron chi connectivity index (χ0n) is 18.1. The predicted octanol–water partition coefficient (Wildman–Crippen LogP) is 4.20. The molecule has 0 aliphatic rings. The summed E-state index contributed by atoms with van der Waals surface area (Å²) in [5, 5.41) is 3.29. The predicted molar refractivity (Wildman–Crippen MR) is 124 cm³/mol. The van der Waals surface area contributed by atoms with Gasteiger partial charge in [-0.05, 0) is 35.4 Å². The summed E-state index contributed by atoms with van der Waals surface area (Å²) >= 11 is 0. The van der Waals surface area contributed by atoms with Crippen LogP contribution >= 0.6 is 0 Å². The molecular weight excluding hydrogens is 459 g/mol. The van der Waals surface area contributed by atoms with Gasteiger partial charge in [0.1, 0.15) is 6.54 Å². The maximum absolute atomic E-state index is 13.1. The second-order valence-electron chi connectivity index (χ2n) is 7.97. The Balaban J connectivity index is 1.47. The third-order valence-electron chi connectivity index (χ3n) is 5.59. The van der Waals surface area contributed by atoms with Crippen molar-refractivity contribution >= 4 is 27.8 Å². The topological polar surface area (TPSA) is 92.7 Å². The molecule has 7 nitrogen and oxygen atoms in total. The minimum absolute atomic E-state index is 0.160. The van der Waals surface area contributed by atoms with E-state index in [4.69, 9.17) is 0 Å². The van der Waals surface area contributed by atoms with Gasteiger partial charge in [0.15, 0.2) is 0 Å². The molecule has 2 N–H and O–H groups in total. The van der Waals surface area contributed by atoms with Crippen molar-refractivity contribution in [1.29, 1.82) is 0 Å². The van der Waals surface area contributed by atoms with Gasteiger partial charge in [0.25, 0.3) is 5.56 Å². The highest BCUT2D eigenvalue weighted by atomic mass is 19.4. The van der Waals surface area contributed by atoms with Crippen LogP contribution in [-0.2, 0) is 17.5 Å². The fraction of sp³-hybridized carbons (Fsp3) is 0.120. The molecule has 0 bridgehead atoms. The van der Waals surface area contributed by atoms with E-state index in [0.717, 1.165) is 5.56 Å². The Morgan fingerprint density at radius 2 is 1.71 bits per heavy atom. The zero-order valence-corrected chi connectivity index (χ0v) is 18.1. The summed E-state index contributed by atoms with van der Waals surface area (Å²) in [7, 11) is 0. The first kappa shape index (κ1) is 22.3. The Hall–Kier alpha value is -4.47. The number of carbonyl (C=O) groups excluding carboxylic acids is 1. The quantitative estimate of drug-likeness (QED) is 0.397. The number of para-hydroxylation sites is 1. The van der Waals surface area contributed by atoms with Crippen LogP contribution in [0, 0.1) is 0 Å². The number of aromatic amines is 1. The van der Waals surface area contributed by atoms with E-state index in [2.05, 4.69) is 20.3 Å². The molecule has 1 amide bonds. The van der Waals surface area contributed by atoms with Gasteiger partial charge in [0.05, 0.1) is 34.3 Å². The number of nitrogens with one attached hydrogen (secondary N) is 2. The lowest BCUT2D eigenvalue weighted by molar-refractivity contribution is -0.144. The van der Waals surface area contributed by atoms with Gasteiger partial charge in [-0.1, -0.05) is 48.5 Å². The maximum atomic E-state index is 13.1. The first-order chi connectivity index (χ1) is 16.8. The van der Waals surface area contributed by atoms with Gasteiger partial charge in [-0.3, -0.25) is 14.2 Å². The molecule has 2 aromatic heterocycles. The molecule has 0 saturated heterocycles. The van der Waals surface area contributed by atoms with Crippen molar-refractivity contribution in [1.82, 2.24) is 24.8 Å². The fourth-order valence-corrected chi connectivity index (χ4v) is 3.93. The van der Waals surface area contributed by atoms with E-state index < -0.39 is 23.9 Å². The number of fused-ring (bicyclic) bond motifs is 2. The van der Waals surface area contributed by atoms with Crippen molar-refractivity contribution < 1.29 is 18.0 Å². The molecule has 2 heterocycles. The smallest absolute Gasteiger partial charge is 0.344 e. The molecule has 5 rings (SSSR count). The van der Waals surface area contributed by atoms with E-state index in [1.165, 1.54) is 23.0 Å². The van der Waals surface area contributed by atoms with Gasteiger partial charge in [-0.15, -0.1) is 0 Å². The monoisotopic (exact) mass is 477 g/mol. The average Bonchev–Trinajstić information content (AvgIpc) is 3.29. The summed E-state index contributed by atoms with van der Waals surface area (Å²) in [6.07, 6.45) is -3.29. The SMILES string of the molecule is O=C(Cn1cnc2ccccc2c1=O)NC(c1ccccc1)c1ccc2nc(C(F)(F)F)[nH]c2c1. The molecule has 10 heteroatoms. The number of aromatic nitrogens is 4. The van der Waals surface area contributed by atoms with Gasteiger partial charge in [0.2, 0.25) is 11.7 Å². The molecule has 0 fully saturated rings. The number of nitrogens with zero attached hydrogens (tertiary/aromatic N) is 3. The Morgan fingerprint density at radius 1 is 0.971 bits per heavy atom. The molecule has 1 unspecified atom stereocenters. The lowest BCUT2D eigenvalue weighted by atomic mass is 9.98. The average molecular weight is 477 g/mol. The van der Waals surface area contributed by atoms with Gasteiger partial charge >= 0.3 is 6.18 Å². The molecule has 0 saturated carbocycles. The molecule has 0 aliphatic carbocycles. The first-order valence-corrected chi connectivity index (χ1v) is 10.6. The second-order valence-corrected chi connectivity index (χ2v) is 7.97. The van der Waals surface area contributed by atoms with Crippen LogP contribution in [0.4, 0.5) is 13.2 Å². The van der Waals surface area contributed by atoms with Crippen LogP contribution in [0.25, 0.3) is 21.9 Å². The number of amides is 1. The summed E-state index contributed by atoms with van der Waals surface area (Å²) in [5.41, 5.74) is 1.81. The van der Waals surface area contributed by atoms with E-state index >= 15 is 0 Å². The molecule has 1 atom stereocenters. The fourth-order valence-electron chi connectivity index (χ4n) is 3.93. The number of hydrogen-bond donors (Lipinski definition) is 2. The highest BCUT2D eigenvalue weighted by Gasteiger charge is 2.34. The summed E-state index contributed by atoms with van der Waals surface area (Å²) in [4.78, 5) is 35.9. The van der Waals surface area contributed by atoms with Crippen LogP contribution in [0.1, 0.15) is 23.0 Å². The largest absolute Gasteiger partial charge is 0.449 e. The number of benzene rings is 3. The molecule has 0 spiro atoms. The van der Waals surface area contributed by atoms with Crippen LogP contribution in [0.2, 0.25) is 0 Å². The Bertz CT molecular complexity index is 1590. The minimum Gasteiger partial charge on any atom is -0.344 e. The van der Waals surface area contributed by atoms with Crippen LogP contribution in [0.3, 0.4) is 0 Å². The van der Waals surface area contributed by atoms with Crippen LogP contribution in [-0.4, -0.2) is 25.4 Å². The number of halogens is 3. The lowest BCUT2D eigenvalue weighted by Gasteiger charge is -2.20. The van der Waals surface area contributed by atoms with Crippen LogP contribution in [0.5, 0.6) is 0 Å². The highest BCUT2D eigenvalue weighted by molar-refractivity contribution is 5.80. The normalized spacial score (nSPS) is 12.7. The summed E-state index contributed by atoms with van der Waals surface area (Å²) in [6.45, 7) is -0.273. The summed E-state index contributed by atoms with van der Waals surface area (Å²) in [6, 6.07) is 19.8. The Labute approximate surface area is 196 Å². The molecule has 0 radical (unpaired) electrons. The third-order valence-corrected chi connectivity index (χ3v) is 5.59. The molecule has 0 aliphatic heterocycles. The van der Waals surface area contributed by atoms with Crippen LogP contribution in [0.15, 0.2) is 83.9 Å². The molecular formula is C25H18F3N5O2. The number of rotatable bonds is 5. The van der Waals surface area contributed by atoms with Gasteiger partial charge in [-0.25, -0.2) is 9.97 Å². The highest BCUT2D eigenvalue weighted by Crippen LogP contribution is 2.30. The Kier molecular flexibility index (Phi) is 5.56. The van der Waals surface area contributed by atoms with Crippen molar-refractivity contribution in [2.24, 2.45) is 0 Å². The van der Waals surface area contributed by atoms with E-state index in [0.29, 0.717) is 16.5 Å². The van der Waals surface area contributed by atoms with Gasteiger partial charge in [-0.2, -0.15) is 13.2 Å². The van der Waals surface area contributed by atoms with Gasteiger partial charge < -0.3 is 10.3 Å². The molecule has 3 aromatic carbocycles.